The highest BCUT2D eigenvalue weighted by Gasteiger charge is 1.98. The minimum absolute atomic E-state index is 0.291. The zero-order valence-corrected chi connectivity index (χ0v) is 6.51. The third-order valence-electron chi connectivity index (χ3n) is 1.30. The molecule has 1 aromatic rings. The van der Waals surface area contributed by atoms with Crippen LogP contribution in [0.15, 0.2) is 24.3 Å². The third-order valence-corrected chi connectivity index (χ3v) is 1.30. The van der Waals surface area contributed by atoms with E-state index >= 15 is 0 Å². The van der Waals surface area contributed by atoms with Crippen LogP contribution < -0.4 is 4.74 Å². The number of para-hydroxylation sites is 1. The number of benzene rings is 1. The fourth-order valence-electron chi connectivity index (χ4n) is 0.774. The minimum Gasteiger partial charge on any atom is -0.491 e. The lowest BCUT2D eigenvalue weighted by atomic mass is 10.3. The van der Waals surface area contributed by atoms with E-state index in [1.165, 1.54) is 6.07 Å². The number of ether oxygens (including phenoxy) is 1. The van der Waals surface area contributed by atoms with Crippen LogP contribution >= 0.6 is 0 Å². The van der Waals surface area contributed by atoms with Gasteiger partial charge in [-0.3, -0.25) is 0 Å². The van der Waals surface area contributed by atoms with Crippen molar-refractivity contribution < 1.29 is 9.13 Å². The summed E-state index contributed by atoms with van der Waals surface area (Å²) < 4.78 is 17.9. The Bertz CT molecular complexity index is 223. The number of hydrogen-bond acceptors (Lipinski definition) is 1. The van der Waals surface area contributed by atoms with Gasteiger partial charge in [-0.15, -0.1) is 0 Å². The van der Waals surface area contributed by atoms with Gasteiger partial charge in [-0.05, 0) is 18.6 Å². The molecule has 1 rings (SSSR count). The van der Waals surface area contributed by atoms with Crippen LogP contribution in [-0.2, 0) is 0 Å². The van der Waals surface area contributed by atoms with Crippen LogP contribution in [0, 0.1) is 5.82 Å². The van der Waals surface area contributed by atoms with E-state index in [1.54, 1.807) is 18.2 Å². The maximum absolute atomic E-state index is 12.8. The lowest BCUT2D eigenvalue weighted by Gasteiger charge is -2.03. The zero-order chi connectivity index (χ0) is 8.10. The first-order valence-corrected chi connectivity index (χ1v) is 3.72. The number of rotatable bonds is 3. The van der Waals surface area contributed by atoms with Crippen LogP contribution in [0.25, 0.3) is 0 Å². The standard InChI is InChI=1S/C9H11FO/c1-2-7-11-9-6-4-3-5-8(9)10/h3-6H,2,7H2,1H3. The third kappa shape index (κ3) is 2.22. The average molecular weight is 154 g/mol. The number of halogens is 1. The molecule has 0 aliphatic heterocycles. The molecule has 0 saturated heterocycles. The summed E-state index contributed by atoms with van der Waals surface area (Å²) in [6.45, 7) is 2.56. The van der Waals surface area contributed by atoms with Gasteiger partial charge < -0.3 is 4.74 Å². The van der Waals surface area contributed by atoms with Crippen LogP contribution in [-0.4, -0.2) is 6.61 Å². The molecule has 0 spiro atoms. The summed E-state index contributed by atoms with van der Waals surface area (Å²) >= 11 is 0. The van der Waals surface area contributed by atoms with Crippen LogP contribution in [0.5, 0.6) is 5.75 Å². The van der Waals surface area contributed by atoms with Crippen LogP contribution in [0.3, 0.4) is 0 Å². The first-order valence-electron chi connectivity index (χ1n) is 3.72. The Kier molecular flexibility index (Phi) is 2.90. The van der Waals surface area contributed by atoms with Crippen molar-refractivity contribution in [3.05, 3.63) is 30.1 Å². The van der Waals surface area contributed by atoms with E-state index in [9.17, 15) is 4.39 Å². The van der Waals surface area contributed by atoms with Gasteiger partial charge in [0.25, 0.3) is 0 Å². The van der Waals surface area contributed by atoms with E-state index in [0.717, 1.165) is 6.42 Å². The molecule has 0 atom stereocenters. The molecule has 60 valence electrons. The lowest BCUT2D eigenvalue weighted by molar-refractivity contribution is 0.301. The summed E-state index contributed by atoms with van der Waals surface area (Å²) in [5.74, 6) is 0.0512. The largest absolute Gasteiger partial charge is 0.491 e. The highest BCUT2D eigenvalue weighted by atomic mass is 19.1. The monoisotopic (exact) mass is 154 g/mol. The Hall–Kier alpha value is -1.05. The summed E-state index contributed by atoms with van der Waals surface area (Å²) in [4.78, 5) is 0. The minimum atomic E-state index is -0.291. The second-order valence-corrected chi connectivity index (χ2v) is 2.28. The second kappa shape index (κ2) is 3.96. The van der Waals surface area contributed by atoms with Gasteiger partial charge in [0.2, 0.25) is 0 Å². The van der Waals surface area contributed by atoms with Crippen molar-refractivity contribution in [2.75, 3.05) is 6.61 Å². The summed E-state index contributed by atoms with van der Waals surface area (Å²) in [5.41, 5.74) is 0. The van der Waals surface area contributed by atoms with E-state index in [4.69, 9.17) is 4.74 Å². The quantitative estimate of drug-likeness (QED) is 0.650. The van der Waals surface area contributed by atoms with Gasteiger partial charge in [-0.2, -0.15) is 0 Å². The molecular weight excluding hydrogens is 143 g/mol. The van der Waals surface area contributed by atoms with Crippen molar-refractivity contribution in [1.29, 1.82) is 0 Å². The molecule has 0 aliphatic carbocycles. The van der Waals surface area contributed by atoms with Gasteiger partial charge >= 0.3 is 0 Å². The molecule has 0 N–H and O–H groups in total. The Morgan fingerprint density at radius 2 is 2.09 bits per heavy atom. The maximum Gasteiger partial charge on any atom is 0.165 e. The normalized spacial score (nSPS) is 9.64. The molecule has 0 bridgehead atoms. The Morgan fingerprint density at radius 1 is 1.36 bits per heavy atom. The molecule has 1 nitrogen and oxygen atoms in total. The van der Waals surface area contributed by atoms with Gasteiger partial charge in [0.1, 0.15) is 0 Å². The van der Waals surface area contributed by atoms with Crippen molar-refractivity contribution in [3.8, 4) is 5.75 Å². The predicted molar refractivity (Wildman–Crippen MR) is 42.2 cm³/mol. The first-order chi connectivity index (χ1) is 5.34. The van der Waals surface area contributed by atoms with Crippen LogP contribution in [0.1, 0.15) is 13.3 Å². The average Bonchev–Trinajstić information content (AvgIpc) is 2.03. The molecule has 0 amide bonds. The molecule has 0 aromatic heterocycles. The summed E-state index contributed by atoms with van der Waals surface area (Å²) in [6.07, 6.45) is 0.897. The van der Waals surface area contributed by atoms with Gasteiger partial charge in [0.15, 0.2) is 11.6 Å². The van der Waals surface area contributed by atoms with E-state index < -0.39 is 0 Å². The zero-order valence-electron chi connectivity index (χ0n) is 6.51. The Morgan fingerprint density at radius 3 is 2.73 bits per heavy atom. The molecule has 1 aromatic carbocycles. The van der Waals surface area contributed by atoms with E-state index in [0.29, 0.717) is 12.4 Å². The molecule has 0 heterocycles. The van der Waals surface area contributed by atoms with Gasteiger partial charge in [0, 0.05) is 0 Å². The van der Waals surface area contributed by atoms with Crippen LogP contribution in [0.4, 0.5) is 4.39 Å². The molecule has 0 fully saturated rings. The predicted octanol–water partition coefficient (Wildman–Crippen LogP) is 2.61. The molecule has 0 unspecified atom stereocenters. The molecule has 0 aliphatic rings. The Labute approximate surface area is 65.8 Å². The number of hydrogen-bond donors (Lipinski definition) is 0. The molecule has 2 heteroatoms. The summed E-state index contributed by atoms with van der Waals surface area (Å²) in [5, 5.41) is 0. The van der Waals surface area contributed by atoms with E-state index in [1.807, 2.05) is 6.92 Å². The van der Waals surface area contributed by atoms with Gasteiger partial charge in [0.05, 0.1) is 6.61 Å². The Balaban J connectivity index is 2.62. The fraction of sp³-hybridized carbons (Fsp3) is 0.333. The molecule has 0 saturated carbocycles. The van der Waals surface area contributed by atoms with E-state index in [2.05, 4.69) is 0 Å². The highest BCUT2D eigenvalue weighted by Crippen LogP contribution is 2.14. The van der Waals surface area contributed by atoms with Crippen molar-refractivity contribution in [3.63, 3.8) is 0 Å². The maximum atomic E-state index is 12.8. The molecule has 0 radical (unpaired) electrons. The highest BCUT2D eigenvalue weighted by molar-refractivity contribution is 5.23. The molecule has 11 heavy (non-hydrogen) atoms. The van der Waals surface area contributed by atoms with Crippen molar-refractivity contribution >= 4 is 0 Å². The van der Waals surface area contributed by atoms with Crippen LogP contribution in [0.2, 0.25) is 0 Å². The smallest absolute Gasteiger partial charge is 0.165 e. The van der Waals surface area contributed by atoms with E-state index in [-0.39, 0.29) is 5.82 Å². The van der Waals surface area contributed by atoms with Crippen molar-refractivity contribution in [1.82, 2.24) is 0 Å². The van der Waals surface area contributed by atoms with Crippen molar-refractivity contribution in [2.45, 2.75) is 13.3 Å². The molecular formula is C9H11FO. The van der Waals surface area contributed by atoms with Crippen molar-refractivity contribution in [2.24, 2.45) is 0 Å². The first kappa shape index (κ1) is 8.05. The second-order valence-electron chi connectivity index (χ2n) is 2.28. The lowest BCUT2D eigenvalue weighted by Crippen LogP contribution is -1.96. The fourth-order valence-corrected chi connectivity index (χ4v) is 0.774. The SMILES string of the molecule is CCCOc1ccccc1F. The van der Waals surface area contributed by atoms with Gasteiger partial charge in [-0.1, -0.05) is 19.1 Å². The summed E-state index contributed by atoms with van der Waals surface area (Å²) in [6, 6.07) is 6.43. The van der Waals surface area contributed by atoms with Gasteiger partial charge in [-0.25, -0.2) is 4.39 Å². The summed E-state index contributed by atoms with van der Waals surface area (Å²) in [7, 11) is 0. The topological polar surface area (TPSA) is 9.23 Å².